The predicted molar refractivity (Wildman–Crippen MR) is 75.8 cm³/mol. The van der Waals surface area contributed by atoms with Gasteiger partial charge in [0.05, 0.1) is 11.7 Å². The summed E-state index contributed by atoms with van der Waals surface area (Å²) in [4.78, 5) is 12.1. The second kappa shape index (κ2) is 5.42. The second-order valence-electron chi connectivity index (χ2n) is 4.94. The zero-order valence-electron chi connectivity index (χ0n) is 11.3. The number of amides is 1. The van der Waals surface area contributed by atoms with Gasteiger partial charge in [-0.15, -0.1) is 10.2 Å². The van der Waals surface area contributed by atoms with Crippen LogP contribution in [0.1, 0.15) is 18.7 Å². The van der Waals surface area contributed by atoms with E-state index in [2.05, 4.69) is 20.8 Å². The van der Waals surface area contributed by atoms with Crippen molar-refractivity contribution in [2.75, 3.05) is 11.9 Å². The highest BCUT2D eigenvalue weighted by atomic mass is 16.2. The summed E-state index contributed by atoms with van der Waals surface area (Å²) in [6.07, 6.45) is 3.61. The van der Waals surface area contributed by atoms with Crippen LogP contribution in [0.3, 0.4) is 0 Å². The number of aromatic nitrogens is 3. The molecule has 1 aromatic heterocycles. The molecule has 3 rings (SSSR count). The molecular weight excluding hydrogens is 254 g/mol. The molecule has 2 aromatic rings. The Kier molecular flexibility index (Phi) is 3.47. The van der Waals surface area contributed by atoms with Crippen LogP contribution in [-0.4, -0.2) is 33.3 Å². The fraction of sp³-hybridized carbons (Fsp3) is 0.357. The number of aryl methyl sites for hydroxylation is 1. The number of carbonyl (C=O) groups excluding carboxylic acids is 1. The fourth-order valence-corrected chi connectivity index (χ4v) is 2.42. The van der Waals surface area contributed by atoms with Gasteiger partial charge in [0.15, 0.2) is 0 Å². The van der Waals surface area contributed by atoms with Crippen LogP contribution in [0.4, 0.5) is 5.69 Å². The van der Waals surface area contributed by atoms with E-state index in [0.29, 0.717) is 0 Å². The van der Waals surface area contributed by atoms with E-state index < -0.39 is 0 Å². The van der Waals surface area contributed by atoms with E-state index in [9.17, 15) is 4.79 Å². The first kappa shape index (κ1) is 12.8. The Bertz CT molecular complexity index is 616. The number of benzene rings is 1. The van der Waals surface area contributed by atoms with Gasteiger partial charge in [0.25, 0.3) is 0 Å². The van der Waals surface area contributed by atoms with E-state index >= 15 is 0 Å². The number of carbonyl (C=O) groups is 1. The van der Waals surface area contributed by atoms with Gasteiger partial charge in [-0.3, -0.25) is 9.36 Å². The smallest absolute Gasteiger partial charge is 0.241 e. The molecule has 0 aliphatic carbocycles. The maximum absolute atomic E-state index is 12.1. The van der Waals surface area contributed by atoms with Gasteiger partial charge in [0, 0.05) is 5.69 Å². The minimum absolute atomic E-state index is 0.0279. The molecule has 2 N–H and O–H groups in total. The van der Waals surface area contributed by atoms with E-state index in [-0.39, 0.29) is 11.9 Å². The summed E-state index contributed by atoms with van der Waals surface area (Å²) in [6.45, 7) is 2.80. The zero-order chi connectivity index (χ0) is 13.9. The van der Waals surface area contributed by atoms with Crippen LogP contribution in [0.25, 0.3) is 5.69 Å². The first-order chi connectivity index (χ1) is 9.74. The van der Waals surface area contributed by atoms with Crippen molar-refractivity contribution in [2.24, 2.45) is 0 Å². The number of hydrogen-bond acceptors (Lipinski definition) is 4. The van der Waals surface area contributed by atoms with Crippen LogP contribution in [0.15, 0.2) is 30.6 Å². The highest BCUT2D eigenvalue weighted by molar-refractivity contribution is 5.95. The summed E-state index contributed by atoms with van der Waals surface area (Å²) in [7, 11) is 0. The Balaban J connectivity index is 1.78. The van der Waals surface area contributed by atoms with Crippen LogP contribution in [0.2, 0.25) is 0 Å². The molecule has 0 saturated carbocycles. The number of anilines is 1. The summed E-state index contributed by atoms with van der Waals surface area (Å²) in [6, 6.07) is 7.60. The molecule has 2 heterocycles. The van der Waals surface area contributed by atoms with Gasteiger partial charge in [-0.2, -0.15) is 0 Å². The van der Waals surface area contributed by atoms with Gasteiger partial charge in [0.1, 0.15) is 12.2 Å². The number of nitrogens with zero attached hydrogens (tertiary/aromatic N) is 3. The maximum Gasteiger partial charge on any atom is 0.241 e. The van der Waals surface area contributed by atoms with Gasteiger partial charge in [0.2, 0.25) is 5.91 Å². The number of hydrogen-bond donors (Lipinski definition) is 2. The first-order valence-electron chi connectivity index (χ1n) is 6.75. The lowest BCUT2D eigenvalue weighted by Gasteiger charge is -2.12. The molecule has 104 valence electrons. The van der Waals surface area contributed by atoms with E-state index in [1.165, 1.54) is 0 Å². The Labute approximate surface area is 117 Å². The topological polar surface area (TPSA) is 71.8 Å². The lowest BCUT2D eigenvalue weighted by Crippen LogP contribution is -2.35. The van der Waals surface area contributed by atoms with Crippen molar-refractivity contribution in [1.29, 1.82) is 0 Å². The largest absolute Gasteiger partial charge is 0.325 e. The van der Waals surface area contributed by atoms with Crippen molar-refractivity contribution >= 4 is 11.6 Å². The SMILES string of the molecule is Cc1nncn1-c1cccc(NC(=O)[C@H]2CCCN2)c1. The van der Waals surface area contributed by atoms with Crippen molar-refractivity contribution in [3.8, 4) is 5.69 Å². The molecule has 1 saturated heterocycles. The summed E-state index contributed by atoms with van der Waals surface area (Å²) < 4.78 is 1.88. The third-order valence-corrected chi connectivity index (χ3v) is 3.49. The van der Waals surface area contributed by atoms with Crippen molar-refractivity contribution in [2.45, 2.75) is 25.8 Å². The molecule has 1 amide bonds. The van der Waals surface area contributed by atoms with E-state index in [4.69, 9.17) is 0 Å². The first-order valence-corrected chi connectivity index (χ1v) is 6.75. The molecular formula is C14H17N5O. The quantitative estimate of drug-likeness (QED) is 0.881. The fourth-order valence-electron chi connectivity index (χ4n) is 2.42. The minimum Gasteiger partial charge on any atom is -0.325 e. The molecule has 6 heteroatoms. The van der Waals surface area contributed by atoms with Crippen LogP contribution in [0, 0.1) is 6.92 Å². The Morgan fingerprint density at radius 1 is 1.50 bits per heavy atom. The van der Waals surface area contributed by atoms with Gasteiger partial charge < -0.3 is 10.6 Å². The molecule has 0 unspecified atom stereocenters. The van der Waals surface area contributed by atoms with Crippen LogP contribution >= 0.6 is 0 Å². The van der Waals surface area contributed by atoms with E-state index in [0.717, 1.165) is 36.6 Å². The Morgan fingerprint density at radius 3 is 3.10 bits per heavy atom. The normalized spacial score (nSPS) is 18.1. The molecule has 0 spiro atoms. The van der Waals surface area contributed by atoms with Crippen molar-refractivity contribution in [3.63, 3.8) is 0 Å². The van der Waals surface area contributed by atoms with Crippen LogP contribution < -0.4 is 10.6 Å². The molecule has 0 bridgehead atoms. The molecule has 1 fully saturated rings. The van der Waals surface area contributed by atoms with Crippen molar-refractivity contribution in [3.05, 3.63) is 36.4 Å². The Hall–Kier alpha value is -2.21. The van der Waals surface area contributed by atoms with Crippen molar-refractivity contribution < 1.29 is 4.79 Å². The van der Waals surface area contributed by atoms with Crippen LogP contribution in [0.5, 0.6) is 0 Å². The average molecular weight is 271 g/mol. The highest BCUT2D eigenvalue weighted by Gasteiger charge is 2.21. The van der Waals surface area contributed by atoms with E-state index in [1.54, 1.807) is 6.33 Å². The molecule has 6 nitrogen and oxygen atoms in total. The predicted octanol–water partition coefficient (Wildman–Crippen LogP) is 1.27. The lowest BCUT2D eigenvalue weighted by molar-refractivity contribution is -0.117. The molecule has 1 atom stereocenters. The second-order valence-corrected chi connectivity index (χ2v) is 4.94. The third-order valence-electron chi connectivity index (χ3n) is 3.49. The van der Waals surface area contributed by atoms with Gasteiger partial charge in [-0.1, -0.05) is 6.07 Å². The Morgan fingerprint density at radius 2 is 2.40 bits per heavy atom. The average Bonchev–Trinajstić information content (AvgIpc) is 3.10. The molecule has 1 aliphatic rings. The third kappa shape index (κ3) is 2.55. The van der Waals surface area contributed by atoms with Gasteiger partial charge in [-0.25, -0.2) is 0 Å². The number of rotatable bonds is 3. The molecule has 1 aromatic carbocycles. The van der Waals surface area contributed by atoms with Gasteiger partial charge in [-0.05, 0) is 44.5 Å². The molecule has 0 radical (unpaired) electrons. The van der Waals surface area contributed by atoms with E-state index in [1.807, 2.05) is 35.8 Å². The van der Waals surface area contributed by atoms with Crippen molar-refractivity contribution in [1.82, 2.24) is 20.1 Å². The van der Waals surface area contributed by atoms with Gasteiger partial charge >= 0.3 is 0 Å². The highest BCUT2D eigenvalue weighted by Crippen LogP contribution is 2.16. The van der Waals surface area contributed by atoms with Crippen LogP contribution in [-0.2, 0) is 4.79 Å². The standard InChI is InChI=1S/C14H17N5O/c1-10-18-16-9-19(10)12-5-2-4-11(8-12)17-14(20)13-6-3-7-15-13/h2,4-5,8-9,13,15H,3,6-7H2,1H3,(H,17,20)/t13-/m1/s1. The molecule has 20 heavy (non-hydrogen) atoms. The summed E-state index contributed by atoms with van der Waals surface area (Å²) in [5.41, 5.74) is 1.72. The monoisotopic (exact) mass is 271 g/mol. The zero-order valence-corrected chi connectivity index (χ0v) is 11.3. The molecule has 1 aliphatic heterocycles. The lowest BCUT2D eigenvalue weighted by atomic mass is 10.2. The summed E-state index contributed by atoms with van der Waals surface area (Å²) in [5.74, 6) is 0.839. The minimum atomic E-state index is -0.0738. The number of nitrogens with one attached hydrogen (secondary N) is 2. The summed E-state index contributed by atoms with van der Waals surface area (Å²) in [5, 5.41) is 14.0. The summed E-state index contributed by atoms with van der Waals surface area (Å²) >= 11 is 0. The maximum atomic E-state index is 12.1.